The van der Waals surface area contributed by atoms with E-state index in [1.54, 1.807) is 0 Å². The molecule has 0 spiro atoms. The first kappa shape index (κ1) is 16.9. The molecular weight excluding hydrogens is 304 g/mol. The van der Waals surface area contributed by atoms with Gasteiger partial charge in [-0.1, -0.05) is 24.3 Å². The molecule has 0 bridgehead atoms. The fraction of sp³-hybridized carbons (Fsp3) is 0.333. The molecule has 1 heterocycles. The highest BCUT2D eigenvalue weighted by atomic mass is 35.5. The van der Waals surface area contributed by atoms with Gasteiger partial charge < -0.3 is 5.32 Å². The van der Waals surface area contributed by atoms with E-state index in [0.717, 1.165) is 37.1 Å². The van der Waals surface area contributed by atoms with Gasteiger partial charge in [0.15, 0.2) is 0 Å². The number of nitrogens with one attached hydrogen (secondary N) is 1. The molecular formula is C18H20ClF2N. The number of halogens is 3. The van der Waals surface area contributed by atoms with E-state index in [-0.39, 0.29) is 30.0 Å². The summed E-state index contributed by atoms with van der Waals surface area (Å²) >= 11 is 0. The highest BCUT2D eigenvalue weighted by molar-refractivity contribution is 5.85. The molecule has 2 aromatic rings. The van der Waals surface area contributed by atoms with Crippen molar-refractivity contribution in [3.63, 3.8) is 0 Å². The Bertz CT molecular complexity index is 532. The van der Waals surface area contributed by atoms with Gasteiger partial charge in [0, 0.05) is 5.92 Å². The van der Waals surface area contributed by atoms with Gasteiger partial charge in [0.05, 0.1) is 0 Å². The molecule has 1 saturated heterocycles. The van der Waals surface area contributed by atoms with Gasteiger partial charge in [-0.25, -0.2) is 8.78 Å². The van der Waals surface area contributed by atoms with E-state index in [2.05, 4.69) is 5.32 Å². The predicted molar refractivity (Wildman–Crippen MR) is 87.5 cm³/mol. The van der Waals surface area contributed by atoms with Crippen LogP contribution in [0.15, 0.2) is 48.5 Å². The third-order valence-electron chi connectivity index (χ3n) is 4.31. The summed E-state index contributed by atoms with van der Waals surface area (Å²) in [7, 11) is 0. The third-order valence-corrected chi connectivity index (χ3v) is 4.31. The summed E-state index contributed by atoms with van der Waals surface area (Å²) in [6.45, 7) is 2.01. The van der Waals surface area contributed by atoms with E-state index < -0.39 is 0 Å². The van der Waals surface area contributed by atoms with Crippen LogP contribution in [0.4, 0.5) is 8.78 Å². The Balaban J connectivity index is 0.00000176. The Morgan fingerprint density at radius 2 is 1.18 bits per heavy atom. The monoisotopic (exact) mass is 323 g/mol. The lowest BCUT2D eigenvalue weighted by molar-refractivity contribution is 0.342. The van der Waals surface area contributed by atoms with E-state index in [1.165, 1.54) is 24.3 Å². The van der Waals surface area contributed by atoms with Gasteiger partial charge in [-0.15, -0.1) is 12.4 Å². The maximum absolute atomic E-state index is 13.2. The fourth-order valence-electron chi connectivity index (χ4n) is 3.25. The van der Waals surface area contributed by atoms with Crippen molar-refractivity contribution < 1.29 is 8.78 Å². The minimum absolute atomic E-state index is 0. The van der Waals surface area contributed by atoms with Crippen LogP contribution in [0.3, 0.4) is 0 Å². The summed E-state index contributed by atoms with van der Waals surface area (Å²) in [4.78, 5) is 0. The van der Waals surface area contributed by atoms with E-state index in [4.69, 9.17) is 0 Å². The standard InChI is InChI=1S/C18H19F2N.ClH/c19-16-5-1-13(2-6-16)18(15-9-11-21-12-10-15)14-3-7-17(20)8-4-14;/h1-8,15,18,21H,9-12H2;1H. The normalized spacial score (nSPS) is 15.6. The Morgan fingerprint density at radius 1 is 0.773 bits per heavy atom. The van der Waals surface area contributed by atoms with Crippen LogP contribution in [0.25, 0.3) is 0 Å². The first-order valence-corrected chi connectivity index (χ1v) is 7.45. The number of rotatable bonds is 3. The minimum atomic E-state index is -0.220. The summed E-state index contributed by atoms with van der Waals surface area (Å²) in [5.41, 5.74) is 2.21. The lowest BCUT2D eigenvalue weighted by Gasteiger charge is -2.31. The highest BCUT2D eigenvalue weighted by Gasteiger charge is 2.26. The summed E-state index contributed by atoms with van der Waals surface area (Å²) in [6, 6.07) is 13.4. The van der Waals surface area contributed by atoms with Crippen molar-refractivity contribution in [2.45, 2.75) is 18.8 Å². The molecule has 0 radical (unpaired) electrons. The third kappa shape index (κ3) is 3.84. The summed E-state index contributed by atoms with van der Waals surface area (Å²) in [5.74, 6) is 0.263. The molecule has 0 unspecified atom stereocenters. The zero-order valence-electron chi connectivity index (χ0n) is 12.3. The van der Waals surface area contributed by atoms with Gasteiger partial charge >= 0.3 is 0 Å². The zero-order valence-corrected chi connectivity index (χ0v) is 13.1. The van der Waals surface area contributed by atoms with E-state index in [1.807, 2.05) is 24.3 Å². The van der Waals surface area contributed by atoms with Gasteiger partial charge in [0.1, 0.15) is 11.6 Å². The molecule has 4 heteroatoms. The minimum Gasteiger partial charge on any atom is -0.317 e. The van der Waals surface area contributed by atoms with E-state index in [0.29, 0.717) is 5.92 Å². The lowest BCUT2D eigenvalue weighted by Crippen LogP contribution is -2.31. The van der Waals surface area contributed by atoms with Crippen molar-refractivity contribution in [3.8, 4) is 0 Å². The van der Waals surface area contributed by atoms with Crippen LogP contribution in [0, 0.1) is 17.6 Å². The van der Waals surface area contributed by atoms with Crippen LogP contribution in [-0.4, -0.2) is 13.1 Å². The molecule has 3 rings (SSSR count). The number of hydrogen-bond donors (Lipinski definition) is 1. The molecule has 0 aromatic heterocycles. The summed E-state index contributed by atoms with van der Waals surface area (Å²) in [5, 5.41) is 3.37. The van der Waals surface area contributed by atoms with Gasteiger partial charge in [0.2, 0.25) is 0 Å². The first-order valence-electron chi connectivity index (χ1n) is 7.45. The maximum Gasteiger partial charge on any atom is 0.123 e. The van der Waals surface area contributed by atoms with Crippen molar-refractivity contribution in [2.75, 3.05) is 13.1 Å². The topological polar surface area (TPSA) is 12.0 Å². The molecule has 118 valence electrons. The highest BCUT2D eigenvalue weighted by Crippen LogP contribution is 2.36. The molecule has 0 amide bonds. The number of benzene rings is 2. The Labute approximate surface area is 136 Å². The summed E-state index contributed by atoms with van der Waals surface area (Å²) in [6.07, 6.45) is 2.17. The summed E-state index contributed by atoms with van der Waals surface area (Å²) < 4.78 is 26.4. The molecule has 0 atom stereocenters. The lowest BCUT2D eigenvalue weighted by atomic mass is 9.76. The second-order valence-electron chi connectivity index (χ2n) is 5.67. The van der Waals surface area contributed by atoms with Crippen molar-refractivity contribution in [3.05, 3.63) is 71.3 Å². The van der Waals surface area contributed by atoms with E-state index >= 15 is 0 Å². The van der Waals surface area contributed by atoms with Gasteiger partial charge in [-0.2, -0.15) is 0 Å². The van der Waals surface area contributed by atoms with Crippen molar-refractivity contribution >= 4 is 12.4 Å². The zero-order chi connectivity index (χ0) is 14.7. The molecule has 2 aromatic carbocycles. The fourth-order valence-corrected chi connectivity index (χ4v) is 3.25. The van der Waals surface area contributed by atoms with Crippen LogP contribution in [-0.2, 0) is 0 Å². The maximum atomic E-state index is 13.2. The second-order valence-corrected chi connectivity index (χ2v) is 5.67. The Morgan fingerprint density at radius 3 is 1.59 bits per heavy atom. The predicted octanol–water partition coefficient (Wildman–Crippen LogP) is 4.52. The Hall–Kier alpha value is -1.45. The van der Waals surface area contributed by atoms with Crippen LogP contribution in [0.5, 0.6) is 0 Å². The van der Waals surface area contributed by atoms with Crippen LogP contribution >= 0.6 is 12.4 Å². The quantitative estimate of drug-likeness (QED) is 0.875. The molecule has 1 aliphatic heterocycles. The van der Waals surface area contributed by atoms with Gasteiger partial charge in [-0.3, -0.25) is 0 Å². The average molecular weight is 324 g/mol. The SMILES string of the molecule is Cl.Fc1ccc(C(c2ccc(F)cc2)C2CCNCC2)cc1. The smallest absolute Gasteiger partial charge is 0.123 e. The molecule has 1 N–H and O–H groups in total. The first-order chi connectivity index (χ1) is 10.2. The van der Waals surface area contributed by atoms with Gasteiger partial charge in [-0.05, 0) is 67.2 Å². The van der Waals surface area contributed by atoms with Gasteiger partial charge in [0.25, 0.3) is 0 Å². The largest absolute Gasteiger partial charge is 0.317 e. The van der Waals surface area contributed by atoms with Crippen molar-refractivity contribution in [2.24, 2.45) is 5.92 Å². The van der Waals surface area contributed by atoms with Crippen molar-refractivity contribution in [1.82, 2.24) is 5.32 Å². The number of piperidine rings is 1. The molecule has 1 aliphatic rings. The van der Waals surface area contributed by atoms with Crippen LogP contribution < -0.4 is 5.32 Å². The van der Waals surface area contributed by atoms with Crippen LogP contribution in [0.1, 0.15) is 29.9 Å². The molecule has 1 fully saturated rings. The van der Waals surface area contributed by atoms with Crippen LogP contribution in [0.2, 0.25) is 0 Å². The molecule has 0 saturated carbocycles. The Kier molecular flexibility index (Phi) is 5.92. The molecule has 0 aliphatic carbocycles. The second kappa shape index (κ2) is 7.70. The van der Waals surface area contributed by atoms with E-state index in [9.17, 15) is 8.78 Å². The number of hydrogen-bond acceptors (Lipinski definition) is 1. The molecule has 1 nitrogen and oxygen atoms in total. The van der Waals surface area contributed by atoms with Crippen molar-refractivity contribution in [1.29, 1.82) is 0 Å². The molecule has 22 heavy (non-hydrogen) atoms. The average Bonchev–Trinajstić information content (AvgIpc) is 2.52.